The van der Waals surface area contributed by atoms with E-state index in [1.165, 1.54) is 4.90 Å². The molecule has 1 unspecified atom stereocenters. The quantitative estimate of drug-likeness (QED) is 0.507. The maximum atomic E-state index is 13.1. The van der Waals surface area contributed by atoms with Crippen LogP contribution in [0, 0.1) is 0 Å². The fraction of sp³-hybridized carbons (Fsp3) is 0.250. The van der Waals surface area contributed by atoms with E-state index in [1.54, 1.807) is 43.8 Å². The predicted molar refractivity (Wildman–Crippen MR) is 124 cm³/mol. The third-order valence-corrected chi connectivity index (χ3v) is 5.27. The van der Waals surface area contributed by atoms with Crippen molar-refractivity contribution in [3.8, 4) is 11.1 Å². The van der Waals surface area contributed by atoms with Gasteiger partial charge >= 0.3 is 6.03 Å². The average molecular weight is 437 g/mol. The number of halogens is 1. The van der Waals surface area contributed by atoms with Crippen LogP contribution in [0.5, 0.6) is 0 Å². The molecule has 0 aliphatic carbocycles. The van der Waals surface area contributed by atoms with E-state index in [2.05, 4.69) is 15.3 Å². The van der Waals surface area contributed by atoms with Gasteiger partial charge < -0.3 is 5.32 Å². The van der Waals surface area contributed by atoms with Crippen LogP contribution in [0.1, 0.15) is 42.2 Å². The highest BCUT2D eigenvalue weighted by Gasteiger charge is 2.18. The number of Topliss-reactive ketones (excluding diaryl/α,β-unsaturated/α-hetero) is 1. The molecule has 0 saturated carbocycles. The molecule has 0 spiro atoms. The van der Waals surface area contributed by atoms with Gasteiger partial charge in [-0.2, -0.15) is 0 Å². The second kappa shape index (κ2) is 10.2. The summed E-state index contributed by atoms with van der Waals surface area (Å²) in [4.78, 5) is 35.4. The summed E-state index contributed by atoms with van der Waals surface area (Å²) in [5, 5.41) is 3.42. The lowest BCUT2D eigenvalue weighted by Gasteiger charge is -2.20. The van der Waals surface area contributed by atoms with Gasteiger partial charge in [0.2, 0.25) is 0 Å². The number of nitrogens with zero attached hydrogens (tertiary/aromatic N) is 3. The summed E-state index contributed by atoms with van der Waals surface area (Å²) in [5.74, 6) is -0.107. The second-order valence-electron chi connectivity index (χ2n) is 7.33. The van der Waals surface area contributed by atoms with Gasteiger partial charge in [-0.1, -0.05) is 30.7 Å². The molecule has 7 heteroatoms. The lowest BCUT2D eigenvalue weighted by molar-refractivity contribution is 0.0975. The van der Waals surface area contributed by atoms with E-state index in [0.29, 0.717) is 22.8 Å². The van der Waals surface area contributed by atoms with Gasteiger partial charge in [-0.3, -0.25) is 19.7 Å². The Morgan fingerprint density at radius 2 is 1.84 bits per heavy atom. The Hall–Kier alpha value is -3.25. The number of urea groups is 1. The van der Waals surface area contributed by atoms with E-state index in [9.17, 15) is 9.59 Å². The van der Waals surface area contributed by atoms with Gasteiger partial charge in [0.25, 0.3) is 0 Å². The summed E-state index contributed by atoms with van der Waals surface area (Å²) in [6.07, 6.45) is 5.19. The molecule has 3 rings (SSSR count). The molecule has 31 heavy (non-hydrogen) atoms. The summed E-state index contributed by atoms with van der Waals surface area (Å²) in [6.45, 7) is 4.33. The van der Waals surface area contributed by atoms with Crippen molar-refractivity contribution in [1.29, 1.82) is 0 Å². The summed E-state index contributed by atoms with van der Waals surface area (Å²) >= 11 is 6.03. The van der Waals surface area contributed by atoms with Crippen molar-refractivity contribution in [1.82, 2.24) is 15.3 Å². The first-order valence-corrected chi connectivity index (χ1v) is 10.5. The van der Waals surface area contributed by atoms with Gasteiger partial charge in [-0.05, 0) is 48.4 Å². The van der Waals surface area contributed by atoms with E-state index in [-0.39, 0.29) is 24.2 Å². The number of nitrogens with one attached hydrogen (secondary N) is 1. The molecule has 0 bridgehead atoms. The molecular formula is C24H25ClN4O2. The van der Waals surface area contributed by atoms with Gasteiger partial charge in [0, 0.05) is 60.8 Å². The largest absolute Gasteiger partial charge is 0.338 e. The van der Waals surface area contributed by atoms with Gasteiger partial charge in [0.05, 0.1) is 5.69 Å². The SMILES string of the molecule is CCNC(=O)N(C)c1cc(C(=O)CC(C)c2cnccn2)cc(-c2ccc(Cl)cc2)c1. The molecule has 1 N–H and O–H groups in total. The molecule has 0 fully saturated rings. The summed E-state index contributed by atoms with van der Waals surface area (Å²) in [5.41, 5.74) is 3.68. The van der Waals surface area contributed by atoms with Gasteiger partial charge in [-0.15, -0.1) is 0 Å². The van der Waals surface area contributed by atoms with Gasteiger partial charge in [0.1, 0.15) is 0 Å². The van der Waals surface area contributed by atoms with E-state index in [1.807, 2.05) is 38.1 Å². The van der Waals surface area contributed by atoms with Gasteiger partial charge in [0.15, 0.2) is 5.78 Å². The Bertz CT molecular complexity index is 1050. The maximum Gasteiger partial charge on any atom is 0.321 e. The number of anilines is 1. The fourth-order valence-electron chi connectivity index (χ4n) is 3.23. The van der Waals surface area contributed by atoms with Crippen LogP contribution < -0.4 is 10.2 Å². The minimum atomic E-state index is -0.234. The number of hydrogen-bond donors (Lipinski definition) is 1. The third-order valence-electron chi connectivity index (χ3n) is 5.02. The van der Waals surface area contributed by atoms with Crippen LogP contribution in [0.4, 0.5) is 10.5 Å². The maximum absolute atomic E-state index is 13.1. The molecule has 2 amide bonds. The van der Waals surface area contributed by atoms with Crippen molar-refractivity contribution in [3.05, 3.63) is 77.3 Å². The van der Waals surface area contributed by atoms with Crippen LogP contribution in [-0.4, -0.2) is 35.4 Å². The number of benzene rings is 2. The highest BCUT2D eigenvalue weighted by molar-refractivity contribution is 6.30. The number of carbonyl (C=O) groups excluding carboxylic acids is 2. The second-order valence-corrected chi connectivity index (χ2v) is 7.77. The molecule has 1 heterocycles. The summed E-state index contributed by atoms with van der Waals surface area (Å²) < 4.78 is 0. The molecule has 3 aromatic rings. The number of hydrogen-bond acceptors (Lipinski definition) is 4. The number of aromatic nitrogens is 2. The molecular weight excluding hydrogens is 412 g/mol. The van der Waals surface area contributed by atoms with Crippen molar-refractivity contribution >= 4 is 29.1 Å². The molecule has 1 atom stereocenters. The molecule has 0 radical (unpaired) electrons. The lowest BCUT2D eigenvalue weighted by atomic mass is 9.94. The zero-order valence-corrected chi connectivity index (χ0v) is 18.6. The topological polar surface area (TPSA) is 75.2 Å². The minimum Gasteiger partial charge on any atom is -0.338 e. The first-order chi connectivity index (χ1) is 14.9. The monoisotopic (exact) mass is 436 g/mol. The number of rotatable bonds is 7. The Balaban J connectivity index is 1.96. The Morgan fingerprint density at radius 1 is 1.10 bits per heavy atom. The smallest absolute Gasteiger partial charge is 0.321 e. The first kappa shape index (κ1) is 22.4. The molecule has 2 aromatic carbocycles. The van der Waals surface area contributed by atoms with Gasteiger partial charge in [-0.25, -0.2) is 4.79 Å². The molecule has 1 aromatic heterocycles. The summed E-state index contributed by atoms with van der Waals surface area (Å²) in [6, 6.07) is 12.6. The van der Waals surface area contributed by atoms with Crippen molar-refractivity contribution < 1.29 is 9.59 Å². The summed E-state index contributed by atoms with van der Waals surface area (Å²) in [7, 11) is 1.68. The molecule has 0 saturated heterocycles. The number of carbonyl (C=O) groups is 2. The predicted octanol–water partition coefficient (Wildman–Crippen LogP) is 5.34. The van der Waals surface area contributed by atoms with E-state index >= 15 is 0 Å². The standard InChI is InChI=1S/C24H25ClN4O2/c1-4-27-24(31)29(3)21-13-18(17-5-7-20(25)8-6-17)12-19(14-21)23(30)11-16(2)22-15-26-9-10-28-22/h5-10,12-16H,4,11H2,1-3H3,(H,27,31). The third kappa shape index (κ3) is 5.67. The van der Waals surface area contributed by atoms with Crippen LogP contribution >= 0.6 is 11.6 Å². The Labute approximate surface area is 187 Å². The molecule has 160 valence electrons. The van der Waals surface area contributed by atoms with E-state index in [0.717, 1.165) is 16.8 Å². The van der Waals surface area contributed by atoms with Crippen LogP contribution in [0.2, 0.25) is 5.02 Å². The Kier molecular flexibility index (Phi) is 7.36. The van der Waals surface area contributed by atoms with Crippen LogP contribution in [0.3, 0.4) is 0 Å². The first-order valence-electron chi connectivity index (χ1n) is 10.1. The normalized spacial score (nSPS) is 11.6. The van der Waals surface area contributed by atoms with E-state index in [4.69, 9.17) is 11.6 Å². The molecule has 0 aliphatic rings. The van der Waals surface area contributed by atoms with Crippen LogP contribution in [0.15, 0.2) is 61.1 Å². The zero-order valence-electron chi connectivity index (χ0n) is 17.8. The fourth-order valence-corrected chi connectivity index (χ4v) is 3.35. The minimum absolute atomic E-state index is 0.0282. The number of ketones is 1. The molecule has 0 aliphatic heterocycles. The number of amides is 2. The van der Waals surface area contributed by atoms with Crippen molar-refractivity contribution in [3.63, 3.8) is 0 Å². The van der Waals surface area contributed by atoms with Crippen LogP contribution in [0.25, 0.3) is 11.1 Å². The van der Waals surface area contributed by atoms with E-state index < -0.39 is 0 Å². The van der Waals surface area contributed by atoms with Crippen LogP contribution in [-0.2, 0) is 0 Å². The van der Waals surface area contributed by atoms with Crippen molar-refractivity contribution in [2.45, 2.75) is 26.2 Å². The van der Waals surface area contributed by atoms with Crippen molar-refractivity contribution in [2.24, 2.45) is 0 Å². The highest BCUT2D eigenvalue weighted by atomic mass is 35.5. The lowest BCUT2D eigenvalue weighted by Crippen LogP contribution is -2.37. The zero-order chi connectivity index (χ0) is 22.4. The average Bonchev–Trinajstić information content (AvgIpc) is 2.79. The Morgan fingerprint density at radius 3 is 2.48 bits per heavy atom. The highest BCUT2D eigenvalue weighted by Crippen LogP contribution is 2.29. The molecule has 6 nitrogen and oxygen atoms in total. The van der Waals surface area contributed by atoms with Crippen molar-refractivity contribution in [2.75, 3.05) is 18.5 Å².